The fourth-order valence-corrected chi connectivity index (χ4v) is 2.90. The smallest absolute Gasteiger partial charge is 0.495 e. The van der Waals surface area contributed by atoms with Gasteiger partial charge in [0.1, 0.15) is 5.75 Å². The van der Waals surface area contributed by atoms with E-state index in [1.165, 1.54) is 26.3 Å². The topological polar surface area (TPSA) is 73.9 Å². The molecule has 1 N–H and O–H groups in total. The van der Waals surface area contributed by atoms with E-state index in [4.69, 9.17) is 14.0 Å². The first-order valence-electron chi connectivity index (χ1n) is 7.00. The molecule has 22 heavy (non-hydrogen) atoms. The van der Waals surface area contributed by atoms with Gasteiger partial charge in [-0.3, -0.25) is 0 Å². The Kier molecular flexibility index (Phi) is 4.34. The van der Waals surface area contributed by atoms with Gasteiger partial charge < -0.3 is 14.0 Å². The summed E-state index contributed by atoms with van der Waals surface area (Å²) in [6.07, 6.45) is 0. The van der Waals surface area contributed by atoms with Crippen LogP contribution in [-0.4, -0.2) is 40.9 Å². The SMILES string of the molecule is CNS(=O)(=O)c1cc(OC)cc(B2OC(C)(C)C(C)(C)O2)c1. The zero-order chi connectivity index (χ0) is 16.8. The van der Waals surface area contributed by atoms with Gasteiger partial charge in [-0.25, -0.2) is 13.1 Å². The molecule has 0 amide bonds. The second kappa shape index (κ2) is 5.52. The Morgan fingerprint density at radius 3 is 2.09 bits per heavy atom. The van der Waals surface area contributed by atoms with Crippen molar-refractivity contribution in [1.82, 2.24) is 4.72 Å². The van der Waals surface area contributed by atoms with Crippen LogP contribution in [0, 0.1) is 0 Å². The van der Waals surface area contributed by atoms with Crippen LogP contribution < -0.4 is 14.9 Å². The molecule has 8 heteroatoms. The van der Waals surface area contributed by atoms with Crippen LogP contribution in [0.25, 0.3) is 0 Å². The van der Waals surface area contributed by atoms with E-state index >= 15 is 0 Å². The van der Waals surface area contributed by atoms with Crippen molar-refractivity contribution >= 4 is 22.6 Å². The maximum absolute atomic E-state index is 12.0. The van der Waals surface area contributed by atoms with Crippen LogP contribution in [0.2, 0.25) is 0 Å². The van der Waals surface area contributed by atoms with E-state index in [-0.39, 0.29) is 4.90 Å². The van der Waals surface area contributed by atoms with Crippen molar-refractivity contribution in [2.45, 2.75) is 43.8 Å². The second-order valence-electron chi connectivity index (χ2n) is 6.24. The molecule has 1 aliphatic heterocycles. The summed E-state index contributed by atoms with van der Waals surface area (Å²) >= 11 is 0. The van der Waals surface area contributed by atoms with Crippen molar-refractivity contribution in [3.05, 3.63) is 18.2 Å². The Morgan fingerprint density at radius 2 is 1.64 bits per heavy atom. The van der Waals surface area contributed by atoms with Gasteiger partial charge in [-0.1, -0.05) is 0 Å². The van der Waals surface area contributed by atoms with Crippen LogP contribution in [-0.2, 0) is 19.3 Å². The van der Waals surface area contributed by atoms with E-state index in [0.29, 0.717) is 11.2 Å². The molecule has 0 atom stereocenters. The normalized spacial score (nSPS) is 20.2. The third kappa shape index (κ3) is 3.01. The fourth-order valence-electron chi connectivity index (χ4n) is 2.10. The Morgan fingerprint density at radius 1 is 1.09 bits per heavy atom. The van der Waals surface area contributed by atoms with Crippen molar-refractivity contribution < 1.29 is 22.5 Å². The molecule has 0 aromatic heterocycles. The van der Waals surface area contributed by atoms with Crippen LogP contribution in [0.1, 0.15) is 27.7 Å². The first-order valence-corrected chi connectivity index (χ1v) is 8.49. The summed E-state index contributed by atoms with van der Waals surface area (Å²) < 4.78 is 43.5. The Labute approximate surface area is 132 Å². The van der Waals surface area contributed by atoms with Gasteiger partial charge in [0.25, 0.3) is 0 Å². The molecule has 1 fully saturated rings. The van der Waals surface area contributed by atoms with E-state index < -0.39 is 28.3 Å². The fraction of sp³-hybridized carbons (Fsp3) is 0.571. The largest absolute Gasteiger partial charge is 0.497 e. The van der Waals surface area contributed by atoms with Gasteiger partial charge in [-0.05, 0) is 52.3 Å². The number of benzene rings is 1. The van der Waals surface area contributed by atoms with Crippen molar-refractivity contribution in [2.75, 3.05) is 14.2 Å². The highest BCUT2D eigenvalue weighted by Gasteiger charge is 2.51. The summed E-state index contributed by atoms with van der Waals surface area (Å²) in [6, 6.07) is 4.72. The van der Waals surface area contributed by atoms with E-state index in [1.807, 2.05) is 27.7 Å². The predicted octanol–water partition coefficient (Wildman–Crippen LogP) is 0.902. The molecule has 0 radical (unpaired) electrons. The van der Waals surface area contributed by atoms with Crippen molar-refractivity contribution in [3.8, 4) is 5.75 Å². The van der Waals surface area contributed by atoms with Gasteiger partial charge in [0.15, 0.2) is 0 Å². The van der Waals surface area contributed by atoms with E-state index in [0.717, 1.165) is 0 Å². The Bertz CT molecular complexity index is 656. The second-order valence-corrected chi connectivity index (χ2v) is 8.12. The molecule has 0 unspecified atom stereocenters. The van der Waals surface area contributed by atoms with Crippen molar-refractivity contribution in [1.29, 1.82) is 0 Å². The molecule has 1 aromatic carbocycles. The monoisotopic (exact) mass is 327 g/mol. The average molecular weight is 327 g/mol. The van der Waals surface area contributed by atoms with Gasteiger partial charge in [0, 0.05) is 6.07 Å². The van der Waals surface area contributed by atoms with E-state index in [1.54, 1.807) is 6.07 Å². The summed E-state index contributed by atoms with van der Waals surface area (Å²) in [5.74, 6) is 0.432. The molecular weight excluding hydrogens is 305 g/mol. The predicted molar refractivity (Wildman–Crippen MR) is 85.0 cm³/mol. The lowest BCUT2D eigenvalue weighted by molar-refractivity contribution is 0.00578. The third-order valence-corrected chi connectivity index (χ3v) is 5.64. The number of sulfonamides is 1. The number of methoxy groups -OCH3 is 1. The Balaban J connectivity index is 2.47. The summed E-state index contributed by atoms with van der Waals surface area (Å²) in [5, 5.41) is 0. The van der Waals surface area contributed by atoms with E-state index in [9.17, 15) is 8.42 Å². The molecule has 6 nitrogen and oxygen atoms in total. The molecule has 0 aliphatic carbocycles. The van der Waals surface area contributed by atoms with Crippen LogP contribution in [0.3, 0.4) is 0 Å². The molecule has 0 saturated carbocycles. The van der Waals surface area contributed by atoms with Gasteiger partial charge in [0.05, 0.1) is 23.2 Å². The third-order valence-electron chi connectivity index (χ3n) is 4.24. The summed E-state index contributed by atoms with van der Waals surface area (Å²) in [7, 11) is -1.38. The minimum atomic E-state index is -3.58. The molecular formula is C14H22BNO5S. The minimum absolute atomic E-state index is 0.110. The molecule has 1 aromatic rings. The lowest BCUT2D eigenvalue weighted by Crippen LogP contribution is -2.41. The standard InChI is InChI=1S/C14H22BNO5S/c1-13(2)14(3,4)21-15(20-13)10-7-11(19-6)9-12(8-10)22(17,18)16-5/h7-9,16H,1-6H3. The highest BCUT2D eigenvalue weighted by atomic mass is 32.2. The maximum Gasteiger partial charge on any atom is 0.495 e. The lowest BCUT2D eigenvalue weighted by Gasteiger charge is -2.32. The van der Waals surface area contributed by atoms with Crippen molar-refractivity contribution in [2.24, 2.45) is 0 Å². The number of ether oxygens (including phenoxy) is 1. The first-order chi connectivity index (χ1) is 10.0. The molecule has 0 bridgehead atoms. The molecule has 1 aliphatic rings. The highest BCUT2D eigenvalue weighted by Crippen LogP contribution is 2.36. The van der Waals surface area contributed by atoms with Crippen molar-refractivity contribution in [3.63, 3.8) is 0 Å². The van der Waals surface area contributed by atoms with E-state index in [2.05, 4.69) is 4.72 Å². The van der Waals surface area contributed by atoms with Crippen LogP contribution in [0.4, 0.5) is 0 Å². The van der Waals surface area contributed by atoms with Gasteiger partial charge >= 0.3 is 7.12 Å². The zero-order valence-electron chi connectivity index (χ0n) is 13.8. The molecule has 2 rings (SSSR count). The molecule has 1 saturated heterocycles. The molecule has 1 heterocycles. The summed E-state index contributed by atoms with van der Waals surface area (Å²) in [5.41, 5.74) is -0.391. The quantitative estimate of drug-likeness (QED) is 0.832. The Hall–Kier alpha value is -1.09. The number of rotatable bonds is 4. The first kappa shape index (κ1) is 17.3. The average Bonchev–Trinajstić information content (AvgIpc) is 2.67. The number of nitrogens with one attached hydrogen (secondary N) is 1. The van der Waals surface area contributed by atoms with Crippen LogP contribution >= 0.6 is 0 Å². The lowest BCUT2D eigenvalue weighted by atomic mass is 9.79. The van der Waals surface area contributed by atoms with Crippen LogP contribution in [0.15, 0.2) is 23.1 Å². The summed E-state index contributed by atoms with van der Waals surface area (Å²) in [4.78, 5) is 0.110. The number of hydrogen-bond acceptors (Lipinski definition) is 5. The number of hydrogen-bond donors (Lipinski definition) is 1. The van der Waals surface area contributed by atoms with Gasteiger partial charge in [0.2, 0.25) is 10.0 Å². The summed E-state index contributed by atoms with van der Waals surface area (Å²) in [6.45, 7) is 7.77. The minimum Gasteiger partial charge on any atom is -0.497 e. The molecule has 0 spiro atoms. The zero-order valence-corrected chi connectivity index (χ0v) is 14.6. The van der Waals surface area contributed by atoms with Gasteiger partial charge in [-0.2, -0.15) is 0 Å². The highest BCUT2D eigenvalue weighted by molar-refractivity contribution is 7.89. The maximum atomic E-state index is 12.0. The van der Waals surface area contributed by atoms with Gasteiger partial charge in [-0.15, -0.1) is 0 Å². The van der Waals surface area contributed by atoms with Crippen LogP contribution in [0.5, 0.6) is 5.75 Å². The molecule has 122 valence electrons.